The van der Waals surface area contributed by atoms with Crippen LogP contribution in [0, 0.1) is 5.41 Å². The van der Waals surface area contributed by atoms with Crippen molar-refractivity contribution in [3.05, 3.63) is 0 Å². The van der Waals surface area contributed by atoms with E-state index in [0.717, 1.165) is 0 Å². The zero-order valence-electron chi connectivity index (χ0n) is 4.35. The van der Waals surface area contributed by atoms with E-state index in [-0.39, 0.29) is 0 Å². The van der Waals surface area contributed by atoms with Crippen molar-refractivity contribution in [2.75, 3.05) is 6.67 Å². The van der Waals surface area contributed by atoms with Crippen molar-refractivity contribution in [1.82, 2.24) is 0 Å². The van der Waals surface area contributed by atoms with Gasteiger partial charge in [0.25, 0.3) is 0 Å². The van der Waals surface area contributed by atoms with Crippen LogP contribution < -0.4 is 0 Å². The minimum Gasteiger partial charge on any atom is -0.481 e. The van der Waals surface area contributed by atoms with Crippen LogP contribution in [0.2, 0.25) is 0 Å². The molecule has 0 aromatic carbocycles. The number of hydrogen-bond donors (Lipinski definition) is 1. The van der Waals surface area contributed by atoms with Gasteiger partial charge in [-0.25, -0.2) is 4.39 Å². The van der Waals surface area contributed by atoms with Crippen LogP contribution in [-0.4, -0.2) is 17.8 Å². The summed E-state index contributed by atoms with van der Waals surface area (Å²) in [6.45, 7) is -0.706. The number of carboxylic acid groups (broad SMARTS) is 1. The third-order valence-corrected chi connectivity index (χ3v) is 1.56. The molecular formula is C5H7FO2. The van der Waals surface area contributed by atoms with E-state index in [9.17, 15) is 9.18 Å². The van der Waals surface area contributed by atoms with Crippen molar-refractivity contribution in [3.8, 4) is 0 Å². The lowest BCUT2D eigenvalue weighted by Gasteiger charge is -1.98. The van der Waals surface area contributed by atoms with Crippen molar-refractivity contribution < 1.29 is 14.3 Å². The van der Waals surface area contributed by atoms with E-state index < -0.39 is 18.1 Å². The Hall–Kier alpha value is -0.600. The fourth-order valence-corrected chi connectivity index (χ4v) is 0.556. The molecule has 0 aliphatic heterocycles. The molecule has 1 fully saturated rings. The topological polar surface area (TPSA) is 37.3 Å². The highest BCUT2D eigenvalue weighted by Crippen LogP contribution is 2.45. The van der Waals surface area contributed by atoms with Crippen molar-refractivity contribution in [3.63, 3.8) is 0 Å². The summed E-state index contributed by atoms with van der Waals surface area (Å²) in [5, 5.41) is 8.26. The van der Waals surface area contributed by atoms with Gasteiger partial charge in [-0.3, -0.25) is 4.79 Å². The summed E-state index contributed by atoms with van der Waals surface area (Å²) < 4.78 is 11.7. The standard InChI is InChI=1S/C5H7FO2/c6-3-5(1-2-5)4(7)8/h1-3H2,(H,7,8). The van der Waals surface area contributed by atoms with Crippen LogP contribution in [0.25, 0.3) is 0 Å². The monoisotopic (exact) mass is 118 g/mol. The summed E-state index contributed by atoms with van der Waals surface area (Å²) in [7, 11) is 0. The highest BCUT2D eigenvalue weighted by Gasteiger charge is 2.50. The van der Waals surface area contributed by atoms with Crippen molar-refractivity contribution in [2.24, 2.45) is 5.41 Å². The molecule has 1 N–H and O–H groups in total. The Labute approximate surface area is 46.3 Å². The Kier molecular flexibility index (Phi) is 0.994. The van der Waals surface area contributed by atoms with Gasteiger partial charge in [0.05, 0.1) is 5.41 Å². The van der Waals surface area contributed by atoms with E-state index >= 15 is 0 Å². The van der Waals surface area contributed by atoms with Crippen LogP contribution in [0.5, 0.6) is 0 Å². The van der Waals surface area contributed by atoms with Crippen LogP contribution >= 0.6 is 0 Å². The Morgan fingerprint density at radius 2 is 2.25 bits per heavy atom. The lowest BCUT2D eigenvalue weighted by Crippen LogP contribution is -2.16. The second kappa shape index (κ2) is 1.44. The number of hydrogen-bond acceptors (Lipinski definition) is 1. The molecule has 0 atom stereocenters. The minimum absolute atomic E-state index is 0.513. The lowest BCUT2D eigenvalue weighted by atomic mass is 10.1. The smallest absolute Gasteiger partial charge is 0.312 e. The number of halogens is 1. The second-order valence-electron chi connectivity index (χ2n) is 2.22. The first kappa shape index (κ1) is 5.54. The maximum atomic E-state index is 11.7. The van der Waals surface area contributed by atoms with Crippen molar-refractivity contribution >= 4 is 5.97 Å². The second-order valence-corrected chi connectivity index (χ2v) is 2.22. The molecule has 46 valence electrons. The molecule has 0 spiro atoms. The first-order chi connectivity index (χ1) is 3.71. The van der Waals surface area contributed by atoms with Crippen molar-refractivity contribution in [1.29, 1.82) is 0 Å². The lowest BCUT2D eigenvalue weighted by molar-refractivity contribution is -0.143. The molecule has 1 saturated carbocycles. The van der Waals surface area contributed by atoms with Gasteiger partial charge < -0.3 is 5.11 Å². The number of carboxylic acids is 1. The molecule has 0 aromatic heterocycles. The average molecular weight is 118 g/mol. The van der Waals surface area contributed by atoms with Crippen LogP contribution in [0.3, 0.4) is 0 Å². The Balaban J connectivity index is 2.53. The van der Waals surface area contributed by atoms with Gasteiger partial charge in [-0.05, 0) is 12.8 Å². The largest absolute Gasteiger partial charge is 0.481 e. The molecule has 0 amide bonds. The first-order valence-electron chi connectivity index (χ1n) is 2.51. The summed E-state index contributed by atoms with van der Waals surface area (Å²) in [5.41, 5.74) is -0.958. The summed E-state index contributed by atoms with van der Waals surface area (Å²) in [6, 6.07) is 0. The van der Waals surface area contributed by atoms with Crippen LogP contribution in [0.4, 0.5) is 4.39 Å². The zero-order valence-corrected chi connectivity index (χ0v) is 4.35. The molecule has 8 heavy (non-hydrogen) atoms. The molecule has 0 heterocycles. The van der Waals surface area contributed by atoms with E-state index in [2.05, 4.69) is 0 Å². The minimum atomic E-state index is -0.986. The number of aliphatic carboxylic acids is 1. The maximum absolute atomic E-state index is 11.7. The molecule has 1 aliphatic rings. The molecule has 0 bridgehead atoms. The highest BCUT2D eigenvalue weighted by atomic mass is 19.1. The Morgan fingerprint density at radius 3 is 2.25 bits per heavy atom. The van der Waals surface area contributed by atoms with E-state index in [4.69, 9.17) is 5.11 Å². The Bertz CT molecular complexity index is 118. The average Bonchev–Trinajstić information content (AvgIpc) is 2.44. The first-order valence-corrected chi connectivity index (χ1v) is 2.51. The third-order valence-electron chi connectivity index (χ3n) is 1.56. The summed E-state index contributed by atoms with van der Waals surface area (Å²) in [4.78, 5) is 10.1. The molecule has 0 radical (unpaired) electrons. The van der Waals surface area contributed by atoms with Gasteiger partial charge in [-0.1, -0.05) is 0 Å². The third kappa shape index (κ3) is 0.582. The molecule has 0 unspecified atom stereocenters. The number of alkyl halides is 1. The van der Waals surface area contributed by atoms with Gasteiger partial charge in [0, 0.05) is 0 Å². The number of carbonyl (C=O) groups is 1. The van der Waals surface area contributed by atoms with E-state index in [0.29, 0.717) is 12.8 Å². The summed E-state index contributed by atoms with van der Waals surface area (Å²) >= 11 is 0. The predicted molar refractivity (Wildman–Crippen MR) is 25.3 cm³/mol. The highest BCUT2D eigenvalue weighted by molar-refractivity contribution is 5.77. The van der Waals surface area contributed by atoms with Gasteiger partial charge in [0.15, 0.2) is 0 Å². The molecule has 0 aromatic rings. The van der Waals surface area contributed by atoms with E-state index in [1.54, 1.807) is 0 Å². The Morgan fingerprint density at radius 1 is 1.75 bits per heavy atom. The molecule has 3 heteroatoms. The van der Waals surface area contributed by atoms with E-state index in [1.807, 2.05) is 0 Å². The van der Waals surface area contributed by atoms with Gasteiger partial charge in [-0.15, -0.1) is 0 Å². The molecule has 2 nitrogen and oxygen atoms in total. The zero-order chi connectivity index (χ0) is 6.20. The predicted octanol–water partition coefficient (Wildman–Crippen LogP) is 0.821. The normalized spacial score (nSPS) is 22.6. The summed E-state index contributed by atoms with van der Waals surface area (Å²) in [6.07, 6.45) is 1.03. The SMILES string of the molecule is O=C(O)C1(CF)CC1. The van der Waals surface area contributed by atoms with Crippen LogP contribution in [-0.2, 0) is 4.79 Å². The quantitative estimate of drug-likeness (QED) is 0.582. The maximum Gasteiger partial charge on any atom is 0.312 e. The van der Waals surface area contributed by atoms with Gasteiger partial charge in [-0.2, -0.15) is 0 Å². The molecule has 0 saturated heterocycles. The summed E-state index contributed by atoms with van der Waals surface area (Å²) in [5.74, 6) is -0.986. The van der Waals surface area contributed by atoms with Gasteiger partial charge >= 0.3 is 5.97 Å². The van der Waals surface area contributed by atoms with Crippen LogP contribution in [0.1, 0.15) is 12.8 Å². The van der Waals surface area contributed by atoms with Gasteiger partial charge in [0.1, 0.15) is 6.67 Å². The van der Waals surface area contributed by atoms with E-state index in [1.165, 1.54) is 0 Å². The number of rotatable bonds is 2. The fourth-order valence-electron chi connectivity index (χ4n) is 0.556. The van der Waals surface area contributed by atoms with Crippen molar-refractivity contribution in [2.45, 2.75) is 12.8 Å². The fraction of sp³-hybridized carbons (Fsp3) is 0.800. The molecular weight excluding hydrogens is 111 g/mol. The van der Waals surface area contributed by atoms with Gasteiger partial charge in [0.2, 0.25) is 0 Å². The molecule has 1 aliphatic carbocycles. The molecule has 1 rings (SSSR count). The van der Waals surface area contributed by atoms with Crippen LogP contribution in [0.15, 0.2) is 0 Å².